The van der Waals surface area contributed by atoms with Crippen LogP contribution in [-0.4, -0.2) is 32.7 Å². The molecule has 4 nitrogen and oxygen atoms in total. The molecule has 4 heteroatoms. The van der Waals surface area contributed by atoms with Crippen LogP contribution in [0.4, 0.5) is 0 Å². The first kappa shape index (κ1) is 13.1. The molecule has 18 heavy (non-hydrogen) atoms. The maximum absolute atomic E-state index is 12.1. The standard InChI is InChI=1S/C14H20N2O2/c1-15-8-4-9-16-14(17)13-12-6-3-2-5-11(12)7-10-18-13/h2-3,5-6,13,15H,4,7-10H2,1H3,(H,16,17). The quantitative estimate of drug-likeness (QED) is 0.765. The molecular formula is C14H20N2O2. The molecule has 1 atom stereocenters. The third-order valence-electron chi connectivity index (χ3n) is 3.13. The molecule has 0 aliphatic carbocycles. The first-order valence-electron chi connectivity index (χ1n) is 6.44. The molecule has 0 fully saturated rings. The van der Waals surface area contributed by atoms with E-state index in [1.807, 2.05) is 25.2 Å². The van der Waals surface area contributed by atoms with Crippen LogP contribution >= 0.6 is 0 Å². The SMILES string of the molecule is CNCCCNC(=O)C1OCCc2ccccc21. The highest BCUT2D eigenvalue weighted by atomic mass is 16.5. The Labute approximate surface area is 108 Å². The molecule has 1 amide bonds. The molecule has 2 N–H and O–H groups in total. The van der Waals surface area contributed by atoms with Gasteiger partial charge in [-0.15, -0.1) is 0 Å². The van der Waals surface area contributed by atoms with E-state index in [2.05, 4.69) is 16.7 Å². The zero-order valence-corrected chi connectivity index (χ0v) is 10.7. The van der Waals surface area contributed by atoms with Crippen molar-refractivity contribution in [2.45, 2.75) is 18.9 Å². The van der Waals surface area contributed by atoms with E-state index in [1.54, 1.807) is 0 Å². The lowest BCUT2D eigenvalue weighted by Gasteiger charge is -2.25. The second kappa shape index (κ2) is 6.52. The number of amides is 1. The number of hydrogen-bond acceptors (Lipinski definition) is 3. The first-order chi connectivity index (χ1) is 8.83. The van der Waals surface area contributed by atoms with Gasteiger partial charge >= 0.3 is 0 Å². The first-order valence-corrected chi connectivity index (χ1v) is 6.44. The van der Waals surface area contributed by atoms with E-state index >= 15 is 0 Å². The van der Waals surface area contributed by atoms with Gasteiger partial charge < -0.3 is 15.4 Å². The number of carbonyl (C=O) groups excluding carboxylic acids is 1. The summed E-state index contributed by atoms with van der Waals surface area (Å²) >= 11 is 0. The van der Waals surface area contributed by atoms with Crippen molar-refractivity contribution in [2.24, 2.45) is 0 Å². The van der Waals surface area contributed by atoms with E-state index in [9.17, 15) is 4.79 Å². The van der Waals surface area contributed by atoms with Crippen molar-refractivity contribution in [3.63, 3.8) is 0 Å². The second-order valence-electron chi connectivity index (χ2n) is 4.45. The lowest BCUT2D eigenvalue weighted by atomic mass is 9.97. The highest BCUT2D eigenvalue weighted by molar-refractivity contribution is 5.82. The highest BCUT2D eigenvalue weighted by Crippen LogP contribution is 2.26. The Morgan fingerprint density at radius 2 is 2.22 bits per heavy atom. The van der Waals surface area contributed by atoms with Crippen LogP contribution in [0, 0.1) is 0 Å². The summed E-state index contributed by atoms with van der Waals surface area (Å²) in [5.41, 5.74) is 2.23. The molecule has 1 heterocycles. The van der Waals surface area contributed by atoms with Gasteiger partial charge in [0.25, 0.3) is 5.91 Å². The summed E-state index contributed by atoms with van der Waals surface area (Å²) < 4.78 is 5.60. The Morgan fingerprint density at radius 3 is 3.06 bits per heavy atom. The average Bonchev–Trinajstić information content (AvgIpc) is 2.43. The number of carbonyl (C=O) groups is 1. The predicted molar refractivity (Wildman–Crippen MR) is 70.4 cm³/mol. The number of fused-ring (bicyclic) bond motifs is 1. The number of rotatable bonds is 5. The maximum atomic E-state index is 12.1. The molecule has 0 aromatic heterocycles. The molecule has 1 aliphatic rings. The minimum Gasteiger partial charge on any atom is -0.363 e. The Balaban J connectivity index is 1.95. The van der Waals surface area contributed by atoms with E-state index in [-0.39, 0.29) is 5.91 Å². The van der Waals surface area contributed by atoms with Gasteiger partial charge in [-0.3, -0.25) is 4.79 Å². The van der Waals surface area contributed by atoms with Crippen molar-refractivity contribution < 1.29 is 9.53 Å². The normalized spacial score (nSPS) is 18.2. The molecule has 0 spiro atoms. The summed E-state index contributed by atoms with van der Waals surface area (Å²) in [5, 5.41) is 5.98. The summed E-state index contributed by atoms with van der Waals surface area (Å²) in [6.45, 7) is 2.20. The lowest BCUT2D eigenvalue weighted by molar-refractivity contribution is -0.134. The molecule has 0 saturated heterocycles. The van der Waals surface area contributed by atoms with Gasteiger partial charge in [-0.1, -0.05) is 24.3 Å². The number of nitrogens with one attached hydrogen (secondary N) is 2. The van der Waals surface area contributed by atoms with Gasteiger partial charge in [0.05, 0.1) is 6.61 Å². The highest BCUT2D eigenvalue weighted by Gasteiger charge is 2.26. The maximum Gasteiger partial charge on any atom is 0.253 e. The summed E-state index contributed by atoms with van der Waals surface area (Å²) in [4.78, 5) is 12.1. The van der Waals surface area contributed by atoms with Crippen LogP contribution in [0.5, 0.6) is 0 Å². The minimum atomic E-state index is -0.440. The van der Waals surface area contributed by atoms with Crippen molar-refractivity contribution in [3.8, 4) is 0 Å². The molecular weight excluding hydrogens is 228 g/mol. The van der Waals surface area contributed by atoms with Crippen molar-refractivity contribution >= 4 is 5.91 Å². The largest absolute Gasteiger partial charge is 0.363 e. The second-order valence-corrected chi connectivity index (χ2v) is 4.45. The minimum absolute atomic E-state index is 0.0294. The van der Waals surface area contributed by atoms with Gasteiger partial charge in [-0.25, -0.2) is 0 Å². The smallest absolute Gasteiger partial charge is 0.253 e. The zero-order valence-electron chi connectivity index (χ0n) is 10.7. The predicted octanol–water partition coefficient (Wildman–Crippen LogP) is 1.03. The molecule has 0 bridgehead atoms. The van der Waals surface area contributed by atoms with Crippen LogP contribution in [0.1, 0.15) is 23.7 Å². The van der Waals surface area contributed by atoms with E-state index < -0.39 is 6.10 Å². The van der Waals surface area contributed by atoms with Crippen LogP contribution in [-0.2, 0) is 16.0 Å². The number of benzene rings is 1. The molecule has 1 unspecified atom stereocenters. The third-order valence-corrected chi connectivity index (χ3v) is 3.13. The van der Waals surface area contributed by atoms with Crippen LogP contribution in [0.25, 0.3) is 0 Å². The van der Waals surface area contributed by atoms with Gasteiger partial charge in [0.1, 0.15) is 0 Å². The molecule has 0 radical (unpaired) electrons. The van der Waals surface area contributed by atoms with Gasteiger partial charge in [0.15, 0.2) is 6.10 Å². The van der Waals surface area contributed by atoms with E-state index in [1.165, 1.54) is 5.56 Å². The van der Waals surface area contributed by atoms with Gasteiger partial charge in [0.2, 0.25) is 0 Å². The van der Waals surface area contributed by atoms with Crippen molar-refractivity contribution in [1.29, 1.82) is 0 Å². The fourth-order valence-corrected chi connectivity index (χ4v) is 2.18. The Kier molecular flexibility index (Phi) is 4.73. The van der Waals surface area contributed by atoms with Gasteiger partial charge in [-0.05, 0) is 37.6 Å². The molecule has 2 rings (SSSR count). The fourth-order valence-electron chi connectivity index (χ4n) is 2.18. The molecule has 0 saturated carbocycles. The third kappa shape index (κ3) is 3.09. The van der Waals surface area contributed by atoms with E-state index in [4.69, 9.17) is 4.74 Å². The van der Waals surface area contributed by atoms with Gasteiger partial charge in [0, 0.05) is 6.54 Å². The summed E-state index contributed by atoms with van der Waals surface area (Å²) in [6.07, 6.45) is 1.38. The number of ether oxygens (including phenoxy) is 1. The van der Waals surface area contributed by atoms with Crippen molar-refractivity contribution in [2.75, 3.05) is 26.7 Å². The number of hydrogen-bond donors (Lipinski definition) is 2. The van der Waals surface area contributed by atoms with E-state index in [0.29, 0.717) is 13.2 Å². The van der Waals surface area contributed by atoms with Gasteiger partial charge in [-0.2, -0.15) is 0 Å². The fraction of sp³-hybridized carbons (Fsp3) is 0.500. The average molecular weight is 248 g/mol. The monoisotopic (exact) mass is 248 g/mol. The van der Waals surface area contributed by atoms with Crippen LogP contribution < -0.4 is 10.6 Å². The van der Waals surface area contributed by atoms with Crippen LogP contribution in [0.15, 0.2) is 24.3 Å². The van der Waals surface area contributed by atoms with Crippen LogP contribution in [0.3, 0.4) is 0 Å². The van der Waals surface area contributed by atoms with E-state index in [0.717, 1.165) is 24.9 Å². The summed E-state index contributed by atoms with van der Waals surface area (Å²) in [6, 6.07) is 8.01. The lowest BCUT2D eigenvalue weighted by Crippen LogP contribution is -2.35. The molecule has 1 aliphatic heterocycles. The molecule has 1 aromatic rings. The topological polar surface area (TPSA) is 50.4 Å². The van der Waals surface area contributed by atoms with Crippen molar-refractivity contribution in [1.82, 2.24) is 10.6 Å². The Morgan fingerprint density at radius 1 is 1.39 bits per heavy atom. The van der Waals surface area contributed by atoms with Crippen molar-refractivity contribution in [3.05, 3.63) is 35.4 Å². The van der Waals surface area contributed by atoms with Crippen LogP contribution in [0.2, 0.25) is 0 Å². The summed E-state index contributed by atoms with van der Waals surface area (Å²) in [7, 11) is 1.91. The Bertz CT molecular complexity index is 407. The zero-order chi connectivity index (χ0) is 12.8. The molecule has 1 aromatic carbocycles. The molecule has 98 valence electrons. The Hall–Kier alpha value is -1.39. The summed E-state index contributed by atoms with van der Waals surface area (Å²) in [5.74, 6) is -0.0294.